The summed E-state index contributed by atoms with van der Waals surface area (Å²) in [5.41, 5.74) is 16.1. The summed E-state index contributed by atoms with van der Waals surface area (Å²) >= 11 is 0. The molecule has 1 unspecified atom stereocenters. The molecule has 1 fully saturated rings. The fourth-order valence-electron chi connectivity index (χ4n) is 3.15. The monoisotopic (exact) mass is 331 g/mol. The summed E-state index contributed by atoms with van der Waals surface area (Å²) in [6.07, 6.45) is -0.484. The number of rotatable bonds is 1. The Kier molecular flexibility index (Phi) is 3.61. The number of ketones is 1. The number of nitrogens with one attached hydrogen (secondary N) is 1. The van der Waals surface area contributed by atoms with Crippen molar-refractivity contribution in [2.24, 2.45) is 11.5 Å². The van der Waals surface area contributed by atoms with Crippen LogP contribution in [0.4, 0.5) is 5.69 Å². The topological polar surface area (TPSA) is 162 Å². The number of nitrogens with two attached hydrogens (primary N) is 3. The average Bonchev–Trinajstić information content (AvgIpc) is 2.72. The van der Waals surface area contributed by atoms with Gasteiger partial charge in [-0.25, -0.2) is 0 Å². The van der Waals surface area contributed by atoms with Crippen LogP contribution >= 0.6 is 0 Å². The van der Waals surface area contributed by atoms with E-state index in [0.29, 0.717) is 0 Å². The van der Waals surface area contributed by atoms with Gasteiger partial charge in [-0.15, -0.1) is 0 Å². The number of imide groups is 1. The van der Waals surface area contributed by atoms with Crippen LogP contribution in [0.2, 0.25) is 0 Å². The molecule has 1 atom stereocenters. The third-order valence-electron chi connectivity index (χ3n) is 4.21. The molecule has 0 radical (unpaired) electrons. The number of nitrogens with zero attached hydrogens (tertiary/aromatic N) is 1. The van der Waals surface area contributed by atoms with Gasteiger partial charge in [-0.1, -0.05) is 6.07 Å². The van der Waals surface area contributed by atoms with Crippen LogP contribution in [-0.4, -0.2) is 46.7 Å². The van der Waals surface area contributed by atoms with E-state index in [0.717, 1.165) is 4.90 Å². The van der Waals surface area contributed by atoms with Gasteiger partial charge in [-0.3, -0.25) is 24.1 Å². The quantitative estimate of drug-likeness (QED) is 0.271. The third-order valence-corrected chi connectivity index (χ3v) is 4.21. The van der Waals surface area contributed by atoms with Crippen molar-refractivity contribution in [3.05, 3.63) is 29.3 Å². The lowest BCUT2D eigenvalue weighted by Crippen LogP contribution is -2.70. The van der Waals surface area contributed by atoms with Crippen molar-refractivity contribution in [2.75, 3.05) is 12.3 Å². The zero-order chi connectivity index (χ0) is 17.6. The third kappa shape index (κ3) is 2.34. The average molecular weight is 331 g/mol. The molecule has 3 rings (SSSR count). The Hall–Kier alpha value is -2.78. The first kappa shape index (κ1) is 16.1. The van der Waals surface area contributed by atoms with Crippen LogP contribution in [0.15, 0.2) is 18.2 Å². The zero-order valence-electron chi connectivity index (χ0n) is 12.7. The number of Topliss-reactive ketones (excluding diaryl/α,β-unsaturated/α-hetero) is 1. The van der Waals surface area contributed by atoms with Crippen LogP contribution in [0.1, 0.15) is 33.6 Å². The van der Waals surface area contributed by atoms with Gasteiger partial charge < -0.3 is 22.5 Å². The fourth-order valence-corrected chi connectivity index (χ4v) is 3.15. The molecule has 2 aliphatic rings. The van der Waals surface area contributed by atoms with Crippen molar-refractivity contribution in [3.8, 4) is 0 Å². The molecule has 24 heavy (non-hydrogen) atoms. The van der Waals surface area contributed by atoms with E-state index < -0.39 is 41.6 Å². The van der Waals surface area contributed by atoms with E-state index in [4.69, 9.17) is 17.2 Å². The molecule has 7 N–H and O–H groups in total. The van der Waals surface area contributed by atoms with Crippen molar-refractivity contribution in [3.63, 3.8) is 0 Å². The molecule has 0 spiro atoms. The lowest BCUT2D eigenvalue weighted by molar-refractivity contribution is -0.129. The summed E-state index contributed by atoms with van der Waals surface area (Å²) in [4.78, 5) is 50.4. The van der Waals surface area contributed by atoms with Crippen LogP contribution < -0.4 is 22.5 Å². The number of anilines is 1. The SMILES string of the molecule is Nc1cccc2c1C(=O)N(C1C(=O)CCNC(=O)CC1(N)N)C2=O. The van der Waals surface area contributed by atoms with Gasteiger partial charge in [-0.2, -0.15) is 0 Å². The van der Waals surface area contributed by atoms with E-state index in [1.54, 1.807) is 0 Å². The molecule has 1 saturated heterocycles. The van der Waals surface area contributed by atoms with Crippen LogP contribution in [-0.2, 0) is 9.59 Å². The minimum Gasteiger partial charge on any atom is -0.398 e. The smallest absolute Gasteiger partial charge is 0.264 e. The molecule has 0 aromatic heterocycles. The number of fused-ring (bicyclic) bond motifs is 1. The highest BCUT2D eigenvalue weighted by Crippen LogP contribution is 2.32. The normalized spacial score (nSPS) is 23.6. The maximum Gasteiger partial charge on any atom is 0.264 e. The Labute approximate surface area is 137 Å². The van der Waals surface area contributed by atoms with Crippen LogP contribution in [0.5, 0.6) is 0 Å². The van der Waals surface area contributed by atoms with Crippen molar-refractivity contribution < 1.29 is 19.2 Å². The molecule has 0 saturated carbocycles. The summed E-state index contributed by atoms with van der Waals surface area (Å²) in [6, 6.07) is 3.03. The molecule has 2 aliphatic heterocycles. The number of amides is 3. The van der Waals surface area contributed by atoms with Gasteiger partial charge in [-0.05, 0) is 12.1 Å². The summed E-state index contributed by atoms with van der Waals surface area (Å²) in [7, 11) is 0. The van der Waals surface area contributed by atoms with Crippen LogP contribution in [0.3, 0.4) is 0 Å². The number of carbonyl (C=O) groups is 4. The maximum atomic E-state index is 12.7. The fraction of sp³-hybridized carbons (Fsp3) is 0.333. The van der Waals surface area contributed by atoms with Crippen LogP contribution in [0.25, 0.3) is 0 Å². The van der Waals surface area contributed by atoms with Gasteiger partial charge in [0.2, 0.25) is 5.91 Å². The second-order valence-electron chi connectivity index (χ2n) is 6.01. The molecular formula is C15H17N5O4. The second-order valence-corrected chi connectivity index (χ2v) is 6.01. The first-order valence-corrected chi connectivity index (χ1v) is 7.37. The summed E-state index contributed by atoms with van der Waals surface area (Å²) in [5.74, 6) is -2.36. The molecule has 0 bridgehead atoms. The number of hydrogen-bond donors (Lipinski definition) is 4. The summed E-state index contributed by atoms with van der Waals surface area (Å²) in [6.45, 7) is 0.0928. The van der Waals surface area contributed by atoms with E-state index in [2.05, 4.69) is 5.32 Å². The number of benzene rings is 1. The van der Waals surface area contributed by atoms with Gasteiger partial charge in [0.25, 0.3) is 11.8 Å². The van der Waals surface area contributed by atoms with E-state index in [1.165, 1.54) is 18.2 Å². The van der Waals surface area contributed by atoms with Gasteiger partial charge in [0, 0.05) is 18.7 Å². The highest BCUT2D eigenvalue weighted by atomic mass is 16.2. The molecule has 126 valence electrons. The lowest BCUT2D eigenvalue weighted by atomic mass is 9.89. The first-order valence-electron chi connectivity index (χ1n) is 7.37. The van der Waals surface area contributed by atoms with Gasteiger partial charge in [0.15, 0.2) is 5.78 Å². The predicted molar refractivity (Wildman–Crippen MR) is 83.5 cm³/mol. The lowest BCUT2D eigenvalue weighted by Gasteiger charge is -2.38. The van der Waals surface area contributed by atoms with Crippen molar-refractivity contribution in [2.45, 2.75) is 24.5 Å². The van der Waals surface area contributed by atoms with Crippen molar-refractivity contribution in [1.29, 1.82) is 0 Å². The van der Waals surface area contributed by atoms with E-state index in [1.807, 2.05) is 0 Å². The number of carbonyl (C=O) groups excluding carboxylic acids is 4. The Morgan fingerprint density at radius 3 is 2.50 bits per heavy atom. The molecule has 2 heterocycles. The highest BCUT2D eigenvalue weighted by Gasteiger charge is 2.51. The predicted octanol–water partition coefficient (Wildman–Crippen LogP) is -1.67. The molecule has 1 aromatic carbocycles. The molecule has 1 aromatic rings. The molecule has 9 nitrogen and oxygen atoms in total. The second kappa shape index (κ2) is 5.39. The molecule has 0 aliphatic carbocycles. The Bertz CT molecular complexity index is 773. The van der Waals surface area contributed by atoms with Crippen molar-refractivity contribution >= 4 is 29.2 Å². The number of hydrogen-bond acceptors (Lipinski definition) is 7. The van der Waals surface area contributed by atoms with Crippen molar-refractivity contribution in [1.82, 2.24) is 10.2 Å². The molecule has 9 heteroatoms. The Morgan fingerprint density at radius 2 is 1.83 bits per heavy atom. The number of nitrogen functional groups attached to an aromatic ring is 1. The minimum absolute atomic E-state index is 0.0256. The Morgan fingerprint density at radius 1 is 1.12 bits per heavy atom. The molecule has 3 amide bonds. The van der Waals surface area contributed by atoms with Crippen LogP contribution in [0, 0.1) is 0 Å². The van der Waals surface area contributed by atoms with Gasteiger partial charge >= 0.3 is 0 Å². The zero-order valence-corrected chi connectivity index (χ0v) is 12.7. The largest absolute Gasteiger partial charge is 0.398 e. The highest BCUT2D eigenvalue weighted by molar-refractivity contribution is 6.25. The van der Waals surface area contributed by atoms with Gasteiger partial charge in [0.1, 0.15) is 11.7 Å². The first-order chi connectivity index (χ1) is 11.2. The molecular weight excluding hydrogens is 314 g/mol. The van der Waals surface area contributed by atoms with E-state index in [9.17, 15) is 19.2 Å². The van der Waals surface area contributed by atoms with Gasteiger partial charge in [0.05, 0.1) is 17.5 Å². The van der Waals surface area contributed by atoms with E-state index in [-0.39, 0.29) is 29.8 Å². The Balaban J connectivity index is 2.08. The van der Waals surface area contributed by atoms with E-state index >= 15 is 0 Å². The standard InChI is InChI=1S/C15H17N5O4/c16-8-3-1-2-7-11(8)14(24)20(13(7)23)12-9(21)4-5-19-10(22)6-15(12,17)18/h1-3,12H,4-6,16-18H2,(H,19,22). The minimum atomic E-state index is -1.87. The summed E-state index contributed by atoms with van der Waals surface area (Å²) in [5, 5.41) is 2.50. The maximum absolute atomic E-state index is 12.7. The summed E-state index contributed by atoms with van der Waals surface area (Å²) < 4.78 is 0.